The van der Waals surface area contributed by atoms with Gasteiger partial charge in [-0.1, -0.05) is 48.5 Å². The Balaban J connectivity index is 1.10. The maximum atomic E-state index is 12.6. The van der Waals surface area contributed by atoms with Crippen molar-refractivity contribution in [2.45, 2.75) is 43.6 Å². The summed E-state index contributed by atoms with van der Waals surface area (Å²) >= 11 is 0. The molecule has 0 unspecified atom stereocenters. The molecule has 6 nitrogen and oxygen atoms in total. The number of urea groups is 1. The normalized spacial score (nSPS) is 18.2. The van der Waals surface area contributed by atoms with Crippen LogP contribution in [0.15, 0.2) is 60.7 Å². The Kier molecular flexibility index (Phi) is 6.29. The molecule has 0 spiro atoms. The number of rotatable bonds is 7. The number of amides is 2. The van der Waals surface area contributed by atoms with Gasteiger partial charge in [0.25, 0.3) is 0 Å². The minimum Gasteiger partial charge on any atom is -0.389 e. The summed E-state index contributed by atoms with van der Waals surface area (Å²) in [4.78, 5) is 19.7. The number of piperidine rings is 1. The monoisotopic (exact) mass is 444 g/mol. The third kappa shape index (κ3) is 5.52. The van der Waals surface area contributed by atoms with E-state index in [4.69, 9.17) is 4.98 Å². The van der Waals surface area contributed by atoms with E-state index in [1.54, 1.807) is 0 Å². The largest absolute Gasteiger partial charge is 0.389 e. The highest BCUT2D eigenvalue weighted by Crippen LogP contribution is 2.41. The van der Waals surface area contributed by atoms with Gasteiger partial charge >= 0.3 is 6.03 Å². The van der Waals surface area contributed by atoms with Crippen molar-refractivity contribution in [3.63, 3.8) is 0 Å². The zero-order valence-corrected chi connectivity index (χ0v) is 19.0. The fraction of sp³-hybridized carbons (Fsp3) is 0.407. The van der Waals surface area contributed by atoms with Gasteiger partial charge in [0.2, 0.25) is 0 Å². The lowest BCUT2D eigenvalue weighted by atomic mass is 9.85. The minimum atomic E-state index is -0.635. The fourth-order valence-corrected chi connectivity index (χ4v) is 4.73. The van der Waals surface area contributed by atoms with Crippen LogP contribution < -0.4 is 10.6 Å². The molecule has 0 atom stereocenters. The third-order valence-corrected chi connectivity index (χ3v) is 6.86. The average Bonchev–Trinajstić information content (AvgIpc) is 3.67. The van der Waals surface area contributed by atoms with Gasteiger partial charge < -0.3 is 20.6 Å². The Bertz CT molecular complexity index is 1110. The lowest BCUT2D eigenvalue weighted by Gasteiger charge is -2.38. The molecule has 6 heteroatoms. The highest BCUT2D eigenvalue weighted by atomic mass is 16.3. The lowest BCUT2D eigenvalue weighted by molar-refractivity contribution is -0.0201. The highest BCUT2D eigenvalue weighted by Gasteiger charge is 2.32. The second-order valence-corrected chi connectivity index (χ2v) is 9.50. The van der Waals surface area contributed by atoms with Gasteiger partial charge in [-0.25, -0.2) is 4.79 Å². The van der Waals surface area contributed by atoms with Crippen LogP contribution in [-0.4, -0.2) is 52.8 Å². The van der Waals surface area contributed by atoms with Crippen molar-refractivity contribution in [2.75, 3.05) is 31.5 Å². The first-order valence-corrected chi connectivity index (χ1v) is 12.0. The van der Waals surface area contributed by atoms with Crippen LogP contribution in [0, 0.1) is 0 Å². The van der Waals surface area contributed by atoms with E-state index >= 15 is 0 Å². The first-order valence-electron chi connectivity index (χ1n) is 12.0. The summed E-state index contributed by atoms with van der Waals surface area (Å²) in [5.74, 6) is 0.526. The van der Waals surface area contributed by atoms with Crippen molar-refractivity contribution in [1.29, 1.82) is 0 Å². The molecule has 1 saturated heterocycles. The molecular weight excluding hydrogens is 412 g/mol. The van der Waals surface area contributed by atoms with Crippen molar-refractivity contribution in [1.82, 2.24) is 15.2 Å². The number of aliphatic hydroxyl groups is 1. The molecule has 5 rings (SSSR count). The summed E-state index contributed by atoms with van der Waals surface area (Å²) < 4.78 is 0. The summed E-state index contributed by atoms with van der Waals surface area (Å²) in [6.45, 7) is 3.03. The summed E-state index contributed by atoms with van der Waals surface area (Å²) in [5.41, 5.74) is 3.36. The van der Waals surface area contributed by atoms with E-state index in [2.05, 4.69) is 27.7 Å². The summed E-state index contributed by atoms with van der Waals surface area (Å²) in [7, 11) is 0. The van der Waals surface area contributed by atoms with Gasteiger partial charge in [0, 0.05) is 49.6 Å². The van der Waals surface area contributed by atoms with Crippen LogP contribution in [0.5, 0.6) is 0 Å². The second kappa shape index (κ2) is 9.49. The number of carbonyl (C=O) groups excluding carboxylic acids is 1. The Labute approximate surface area is 195 Å². The maximum absolute atomic E-state index is 12.6. The summed E-state index contributed by atoms with van der Waals surface area (Å²) in [6, 6.07) is 20.0. The predicted octanol–water partition coefficient (Wildman–Crippen LogP) is 4.30. The van der Waals surface area contributed by atoms with E-state index in [9.17, 15) is 9.90 Å². The molecule has 1 aliphatic carbocycles. The van der Waals surface area contributed by atoms with Gasteiger partial charge in [0.1, 0.15) is 0 Å². The van der Waals surface area contributed by atoms with E-state index in [0.29, 0.717) is 18.9 Å². The summed E-state index contributed by atoms with van der Waals surface area (Å²) in [5, 5.41) is 18.0. The van der Waals surface area contributed by atoms with Crippen LogP contribution in [0.3, 0.4) is 0 Å². The number of aromatic nitrogens is 1. The zero-order valence-electron chi connectivity index (χ0n) is 19.0. The van der Waals surface area contributed by atoms with Gasteiger partial charge in [-0.15, -0.1) is 0 Å². The molecule has 2 fully saturated rings. The molecule has 2 aliphatic rings. The van der Waals surface area contributed by atoms with Crippen LogP contribution in [0.25, 0.3) is 10.9 Å². The van der Waals surface area contributed by atoms with Crippen molar-refractivity contribution in [2.24, 2.45) is 0 Å². The molecule has 3 N–H and O–H groups in total. The van der Waals surface area contributed by atoms with E-state index in [-0.39, 0.29) is 6.03 Å². The number of nitrogens with zero attached hydrogens (tertiary/aromatic N) is 2. The predicted molar refractivity (Wildman–Crippen MR) is 132 cm³/mol. The quantitative estimate of drug-likeness (QED) is 0.508. The Morgan fingerprint density at radius 3 is 2.55 bits per heavy atom. The van der Waals surface area contributed by atoms with Crippen molar-refractivity contribution < 1.29 is 9.90 Å². The lowest BCUT2D eigenvalue weighted by Crippen LogP contribution is -2.47. The van der Waals surface area contributed by atoms with Gasteiger partial charge in [-0.3, -0.25) is 4.98 Å². The smallest absolute Gasteiger partial charge is 0.319 e. The third-order valence-electron chi connectivity index (χ3n) is 6.86. The van der Waals surface area contributed by atoms with E-state index in [0.717, 1.165) is 54.8 Å². The standard InChI is InChI=1S/C27H32N4O2/c32-26(30-25-18-24(21-10-11-21)29-23-9-5-4-8-22(23)25)28-14-17-31-15-12-27(33,13-16-31)19-20-6-2-1-3-7-20/h1-9,18,21,33H,10-17,19H2,(H2,28,29,30,32). The maximum Gasteiger partial charge on any atom is 0.319 e. The number of para-hydroxylation sites is 1. The van der Waals surface area contributed by atoms with Crippen molar-refractivity contribution in [3.05, 3.63) is 71.9 Å². The van der Waals surface area contributed by atoms with Gasteiger partial charge in [0.15, 0.2) is 0 Å². The Morgan fingerprint density at radius 2 is 1.79 bits per heavy atom. The van der Waals surface area contributed by atoms with Gasteiger partial charge in [-0.05, 0) is 43.4 Å². The molecule has 2 heterocycles. The number of likely N-dealkylation sites (tertiary alicyclic amines) is 1. The first-order chi connectivity index (χ1) is 16.1. The molecule has 1 aromatic heterocycles. The minimum absolute atomic E-state index is 0.189. The van der Waals surface area contributed by atoms with Gasteiger partial charge in [-0.2, -0.15) is 0 Å². The molecule has 1 aliphatic heterocycles. The molecule has 172 valence electrons. The molecule has 1 saturated carbocycles. The molecular formula is C27H32N4O2. The van der Waals surface area contributed by atoms with Crippen LogP contribution in [0.2, 0.25) is 0 Å². The topological polar surface area (TPSA) is 77.5 Å². The molecule has 0 bridgehead atoms. The van der Waals surface area contributed by atoms with Crippen LogP contribution in [0.1, 0.15) is 42.9 Å². The Hall–Kier alpha value is -2.96. The van der Waals surface area contributed by atoms with Crippen molar-refractivity contribution >= 4 is 22.6 Å². The SMILES string of the molecule is O=C(NCCN1CCC(O)(Cc2ccccc2)CC1)Nc1cc(C2CC2)nc2ccccc12. The molecule has 0 radical (unpaired) electrons. The molecule has 2 amide bonds. The Morgan fingerprint density at radius 1 is 1.06 bits per heavy atom. The molecule has 33 heavy (non-hydrogen) atoms. The summed E-state index contributed by atoms with van der Waals surface area (Å²) in [6.07, 6.45) is 4.55. The van der Waals surface area contributed by atoms with Crippen LogP contribution in [0.4, 0.5) is 10.5 Å². The van der Waals surface area contributed by atoms with Crippen LogP contribution >= 0.6 is 0 Å². The van der Waals surface area contributed by atoms with E-state index in [1.165, 1.54) is 18.4 Å². The number of hydrogen-bond acceptors (Lipinski definition) is 4. The number of anilines is 1. The zero-order chi connectivity index (χ0) is 22.7. The van der Waals surface area contributed by atoms with Crippen LogP contribution in [-0.2, 0) is 6.42 Å². The van der Waals surface area contributed by atoms with Crippen molar-refractivity contribution in [3.8, 4) is 0 Å². The molecule has 3 aromatic rings. The van der Waals surface area contributed by atoms with E-state index < -0.39 is 5.60 Å². The highest BCUT2D eigenvalue weighted by molar-refractivity contribution is 6.00. The number of pyridine rings is 1. The number of carbonyl (C=O) groups is 1. The fourth-order valence-electron chi connectivity index (χ4n) is 4.73. The number of fused-ring (bicyclic) bond motifs is 1. The first kappa shape index (κ1) is 21.9. The molecule has 2 aromatic carbocycles. The van der Waals surface area contributed by atoms with E-state index in [1.807, 2.05) is 48.5 Å². The number of benzene rings is 2. The van der Waals surface area contributed by atoms with Gasteiger partial charge in [0.05, 0.1) is 16.8 Å². The second-order valence-electron chi connectivity index (χ2n) is 9.50. The average molecular weight is 445 g/mol. The number of nitrogens with one attached hydrogen (secondary N) is 2. The number of hydrogen-bond donors (Lipinski definition) is 3.